The van der Waals surface area contributed by atoms with Crippen molar-refractivity contribution in [3.05, 3.63) is 22.0 Å². The third kappa shape index (κ3) is 2.45. The molecule has 2 aromatic rings. The number of rotatable bonds is 4. The summed E-state index contributed by atoms with van der Waals surface area (Å²) in [7, 11) is 0. The number of hydrogen-bond donors (Lipinski definition) is 1. The van der Waals surface area contributed by atoms with Crippen molar-refractivity contribution in [3.8, 4) is 0 Å². The Kier molecular flexibility index (Phi) is 3.29. The fraction of sp³-hybridized carbons (Fsp3) is 0.538. The molecule has 3 rings (SSSR count). The maximum Gasteiger partial charge on any atom is 0.233 e. The van der Waals surface area contributed by atoms with E-state index in [1.807, 2.05) is 20.8 Å². The lowest BCUT2D eigenvalue weighted by Crippen LogP contribution is -2.19. The minimum atomic E-state index is -0.325. The highest BCUT2D eigenvalue weighted by Crippen LogP contribution is 2.42. The molecule has 2 heterocycles. The van der Waals surface area contributed by atoms with Crippen molar-refractivity contribution in [2.75, 3.05) is 5.32 Å². The van der Waals surface area contributed by atoms with E-state index in [1.165, 1.54) is 24.2 Å². The summed E-state index contributed by atoms with van der Waals surface area (Å²) in [5, 5.41) is 16.4. The second kappa shape index (κ2) is 4.97. The lowest BCUT2D eigenvalue weighted by Gasteiger charge is -2.09. The molecule has 20 heavy (non-hydrogen) atoms. The van der Waals surface area contributed by atoms with E-state index in [0.29, 0.717) is 16.8 Å². The van der Waals surface area contributed by atoms with Gasteiger partial charge >= 0.3 is 0 Å². The minimum absolute atomic E-state index is 0.113. The van der Waals surface area contributed by atoms with Crippen molar-refractivity contribution >= 4 is 22.4 Å². The molecule has 1 aliphatic carbocycles. The third-order valence-corrected chi connectivity index (χ3v) is 4.51. The lowest BCUT2D eigenvalue weighted by atomic mass is 9.99. The zero-order valence-corrected chi connectivity index (χ0v) is 12.5. The molecule has 1 saturated carbocycles. The maximum absolute atomic E-state index is 12.3. The summed E-state index contributed by atoms with van der Waals surface area (Å²) in [6.45, 7) is 5.49. The first-order chi connectivity index (χ1) is 9.56. The van der Waals surface area contributed by atoms with Gasteiger partial charge < -0.3 is 4.52 Å². The molecule has 0 spiro atoms. The van der Waals surface area contributed by atoms with Gasteiger partial charge in [-0.25, -0.2) is 0 Å². The molecule has 0 bridgehead atoms. The molecule has 0 aromatic carbocycles. The van der Waals surface area contributed by atoms with E-state index < -0.39 is 0 Å². The van der Waals surface area contributed by atoms with Crippen LogP contribution in [0, 0.1) is 13.8 Å². The van der Waals surface area contributed by atoms with Crippen LogP contribution in [-0.2, 0) is 4.79 Å². The molecule has 1 atom stereocenters. The Balaban J connectivity index is 1.71. The van der Waals surface area contributed by atoms with Crippen LogP contribution in [0.2, 0.25) is 0 Å². The van der Waals surface area contributed by atoms with Gasteiger partial charge in [-0.3, -0.25) is 10.1 Å². The molecule has 6 nitrogen and oxygen atoms in total. The first-order valence-corrected chi connectivity index (χ1v) is 7.45. The largest absolute Gasteiger partial charge is 0.361 e. The van der Waals surface area contributed by atoms with Crippen LogP contribution in [0.4, 0.5) is 5.13 Å². The first kappa shape index (κ1) is 13.2. The van der Waals surface area contributed by atoms with Gasteiger partial charge in [0.2, 0.25) is 11.0 Å². The average molecular weight is 292 g/mol. The van der Waals surface area contributed by atoms with Crippen molar-refractivity contribution < 1.29 is 9.32 Å². The highest BCUT2D eigenvalue weighted by atomic mass is 32.1. The smallest absolute Gasteiger partial charge is 0.233 e. The standard InChI is InChI=1S/C13H16N4O2S/c1-6(10-7(2)17-19-8(10)3)11(18)14-13-16-15-12(20-13)9-4-5-9/h6,9H,4-5H2,1-3H3,(H,14,16,18). The molecule has 2 aromatic heterocycles. The van der Waals surface area contributed by atoms with E-state index in [-0.39, 0.29) is 11.8 Å². The average Bonchev–Trinajstić information content (AvgIpc) is 3.08. The van der Waals surface area contributed by atoms with Crippen LogP contribution in [-0.4, -0.2) is 21.3 Å². The summed E-state index contributed by atoms with van der Waals surface area (Å²) in [5.74, 6) is 0.798. The summed E-state index contributed by atoms with van der Waals surface area (Å²) in [6.07, 6.45) is 2.36. The predicted octanol–water partition coefficient (Wildman–Crippen LogP) is 2.76. The highest BCUT2D eigenvalue weighted by Gasteiger charge is 2.28. The number of anilines is 1. The Labute approximate surface area is 120 Å². The molecule has 1 N–H and O–H groups in total. The van der Waals surface area contributed by atoms with Crippen LogP contribution in [0.3, 0.4) is 0 Å². The van der Waals surface area contributed by atoms with Gasteiger partial charge in [0.1, 0.15) is 10.8 Å². The van der Waals surface area contributed by atoms with Gasteiger partial charge in [-0.1, -0.05) is 16.5 Å². The van der Waals surface area contributed by atoms with Crippen molar-refractivity contribution in [1.82, 2.24) is 15.4 Å². The first-order valence-electron chi connectivity index (χ1n) is 6.63. The van der Waals surface area contributed by atoms with Crippen LogP contribution in [0.25, 0.3) is 0 Å². The molecule has 0 aliphatic heterocycles. The second-order valence-corrected chi connectivity index (χ2v) is 6.18. The maximum atomic E-state index is 12.3. The molecule has 1 aliphatic rings. The van der Waals surface area contributed by atoms with E-state index in [4.69, 9.17) is 4.52 Å². The fourth-order valence-corrected chi connectivity index (χ4v) is 3.15. The summed E-state index contributed by atoms with van der Waals surface area (Å²) in [4.78, 5) is 12.3. The molecule has 0 radical (unpaired) electrons. The zero-order valence-electron chi connectivity index (χ0n) is 11.6. The highest BCUT2D eigenvalue weighted by molar-refractivity contribution is 7.15. The number of carbonyl (C=O) groups excluding carboxylic acids is 1. The molecule has 1 amide bonds. The normalized spacial score (nSPS) is 16.1. The van der Waals surface area contributed by atoms with E-state index in [0.717, 1.165) is 16.3 Å². The summed E-state index contributed by atoms with van der Waals surface area (Å²) >= 11 is 1.46. The Morgan fingerprint density at radius 3 is 2.75 bits per heavy atom. The molecular weight excluding hydrogens is 276 g/mol. The van der Waals surface area contributed by atoms with E-state index in [9.17, 15) is 4.79 Å². The van der Waals surface area contributed by atoms with Crippen LogP contribution < -0.4 is 5.32 Å². The monoisotopic (exact) mass is 292 g/mol. The fourth-order valence-electron chi connectivity index (χ4n) is 2.23. The van der Waals surface area contributed by atoms with E-state index >= 15 is 0 Å². The number of carbonyl (C=O) groups is 1. The Hall–Kier alpha value is -1.76. The predicted molar refractivity (Wildman–Crippen MR) is 74.9 cm³/mol. The van der Waals surface area contributed by atoms with Crippen LogP contribution in [0.5, 0.6) is 0 Å². The van der Waals surface area contributed by atoms with Crippen molar-refractivity contribution in [1.29, 1.82) is 0 Å². The molecule has 0 saturated heterocycles. The Bertz CT molecular complexity index is 625. The van der Waals surface area contributed by atoms with Crippen molar-refractivity contribution in [3.63, 3.8) is 0 Å². The second-order valence-electron chi connectivity index (χ2n) is 5.17. The van der Waals surface area contributed by atoms with Gasteiger partial charge in [0.25, 0.3) is 0 Å². The molecule has 106 valence electrons. The van der Waals surface area contributed by atoms with E-state index in [1.54, 1.807) is 0 Å². The quantitative estimate of drug-likeness (QED) is 0.937. The number of nitrogens with zero attached hydrogens (tertiary/aromatic N) is 3. The van der Waals surface area contributed by atoms with E-state index in [2.05, 4.69) is 20.7 Å². The summed E-state index contributed by atoms with van der Waals surface area (Å²) in [5.41, 5.74) is 1.59. The zero-order chi connectivity index (χ0) is 14.3. The van der Waals surface area contributed by atoms with Gasteiger partial charge in [-0.15, -0.1) is 10.2 Å². The minimum Gasteiger partial charge on any atom is -0.361 e. The number of aromatic nitrogens is 3. The number of aryl methyl sites for hydroxylation is 2. The lowest BCUT2D eigenvalue weighted by molar-refractivity contribution is -0.117. The van der Waals surface area contributed by atoms with Crippen LogP contribution in [0.1, 0.15) is 53.6 Å². The van der Waals surface area contributed by atoms with Gasteiger partial charge in [-0.2, -0.15) is 0 Å². The van der Waals surface area contributed by atoms with Gasteiger partial charge in [0.15, 0.2) is 0 Å². The van der Waals surface area contributed by atoms with Crippen molar-refractivity contribution in [2.45, 2.75) is 45.4 Å². The molecule has 7 heteroatoms. The number of amides is 1. The van der Waals surface area contributed by atoms with Crippen molar-refractivity contribution in [2.24, 2.45) is 0 Å². The molecular formula is C13H16N4O2S. The molecule has 1 fully saturated rings. The van der Waals surface area contributed by atoms with Crippen LogP contribution >= 0.6 is 11.3 Å². The SMILES string of the molecule is Cc1noc(C)c1C(C)C(=O)Nc1nnc(C2CC2)s1. The molecule has 1 unspecified atom stereocenters. The number of hydrogen-bond acceptors (Lipinski definition) is 6. The summed E-state index contributed by atoms with van der Waals surface area (Å²) in [6, 6.07) is 0. The van der Waals surface area contributed by atoms with Gasteiger partial charge in [-0.05, 0) is 33.6 Å². The topological polar surface area (TPSA) is 80.9 Å². The Morgan fingerprint density at radius 2 is 2.15 bits per heavy atom. The summed E-state index contributed by atoms with van der Waals surface area (Å²) < 4.78 is 5.11. The van der Waals surface area contributed by atoms with Gasteiger partial charge in [0.05, 0.1) is 11.6 Å². The third-order valence-electron chi connectivity index (χ3n) is 3.51. The Morgan fingerprint density at radius 1 is 1.40 bits per heavy atom. The number of nitrogens with one attached hydrogen (secondary N) is 1. The van der Waals surface area contributed by atoms with Gasteiger partial charge in [0, 0.05) is 11.5 Å². The van der Waals surface area contributed by atoms with Crippen LogP contribution in [0.15, 0.2) is 4.52 Å².